The summed E-state index contributed by atoms with van der Waals surface area (Å²) in [6, 6.07) is 1.51. The van der Waals surface area contributed by atoms with Gasteiger partial charge in [-0.05, 0) is 20.8 Å². The first kappa shape index (κ1) is 8.77. The number of hydrogen-bond donors (Lipinski definition) is 0. The molecule has 0 radical (unpaired) electrons. The van der Waals surface area contributed by atoms with Crippen LogP contribution < -0.4 is 0 Å². The summed E-state index contributed by atoms with van der Waals surface area (Å²) in [6.07, 6.45) is 3.26. The molecule has 1 heterocycles. The van der Waals surface area contributed by atoms with Crippen LogP contribution in [0.2, 0.25) is 0 Å². The lowest BCUT2D eigenvalue weighted by Crippen LogP contribution is -2.19. The van der Waals surface area contributed by atoms with Gasteiger partial charge in [0.05, 0.1) is 11.1 Å². The van der Waals surface area contributed by atoms with Gasteiger partial charge in [-0.15, -0.1) is 0 Å². The highest BCUT2D eigenvalue weighted by molar-refractivity contribution is 5.26. The van der Waals surface area contributed by atoms with Crippen LogP contribution in [0.3, 0.4) is 0 Å². The molecule has 0 saturated carbocycles. The monoisotopic (exact) mass is 168 g/mol. The van der Waals surface area contributed by atoms with Crippen molar-refractivity contribution in [3.8, 4) is 0 Å². The quantitative estimate of drug-likeness (QED) is 0.476. The molecule has 0 aromatic carbocycles. The van der Waals surface area contributed by atoms with Crippen molar-refractivity contribution in [1.82, 2.24) is 4.57 Å². The van der Waals surface area contributed by atoms with Crippen LogP contribution in [-0.4, -0.2) is 9.49 Å². The molecule has 66 valence electrons. The van der Waals surface area contributed by atoms with Crippen molar-refractivity contribution in [2.45, 2.75) is 26.3 Å². The van der Waals surface area contributed by atoms with E-state index in [0.717, 1.165) is 0 Å². The maximum Gasteiger partial charge on any atom is 0.286 e. The molecule has 1 aromatic rings. The largest absolute Gasteiger partial charge is 0.343 e. The molecular formula is C8H12N2O2. The van der Waals surface area contributed by atoms with Gasteiger partial charge in [0, 0.05) is 17.8 Å². The van der Waals surface area contributed by atoms with Gasteiger partial charge in [0.15, 0.2) is 0 Å². The zero-order chi connectivity index (χ0) is 9.35. The second-order valence-corrected chi connectivity index (χ2v) is 3.70. The number of nitro groups is 1. The number of rotatable bonds is 1. The van der Waals surface area contributed by atoms with E-state index in [1.165, 1.54) is 6.07 Å². The third-order valence-corrected chi connectivity index (χ3v) is 1.66. The molecule has 4 nitrogen and oxygen atoms in total. The molecule has 1 rings (SSSR count). The Labute approximate surface area is 71.0 Å². The molecule has 0 spiro atoms. The van der Waals surface area contributed by atoms with Crippen LogP contribution in [0.5, 0.6) is 0 Å². The second-order valence-electron chi connectivity index (χ2n) is 3.70. The van der Waals surface area contributed by atoms with Crippen molar-refractivity contribution in [1.29, 1.82) is 0 Å². The molecule has 0 saturated heterocycles. The van der Waals surface area contributed by atoms with E-state index in [4.69, 9.17) is 0 Å². The smallest absolute Gasteiger partial charge is 0.286 e. The normalized spacial score (nSPS) is 11.6. The van der Waals surface area contributed by atoms with E-state index in [9.17, 15) is 10.1 Å². The molecule has 1 aromatic heterocycles. The molecular weight excluding hydrogens is 156 g/mol. The van der Waals surface area contributed by atoms with Crippen molar-refractivity contribution < 1.29 is 4.92 Å². The van der Waals surface area contributed by atoms with Gasteiger partial charge in [-0.2, -0.15) is 0 Å². The Morgan fingerprint density at radius 3 is 2.33 bits per heavy atom. The van der Waals surface area contributed by atoms with Gasteiger partial charge in [-0.1, -0.05) is 0 Å². The van der Waals surface area contributed by atoms with Crippen LogP contribution in [0, 0.1) is 10.1 Å². The summed E-state index contributed by atoms with van der Waals surface area (Å²) < 4.78 is 1.82. The van der Waals surface area contributed by atoms with Crippen molar-refractivity contribution in [2.24, 2.45) is 0 Å². The maximum atomic E-state index is 10.3. The zero-order valence-corrected chi connectivity index (χ0v) is 7.44. The van der Waals surface area contributed by atoms with E-state index in [0.29, 0.717) is 0 Å². The molecule has 0 amide bonds. The number of aromatic nitrogens is 1. The van der Waals surface area contributed by atoms with Crippen molar-refractivity contribution in [3.05, 3.63) is 28.6 Å². The van der Waals surface area contributed by atoms with Gasteiger partial charge in [-0.3, -0.25) is 10.1 Å². The van der Waals surface area contributed by atoms with Gasteiger partial charge >= 0.3 is 0 Å². The predicted molar refractivity (Wildman–Crippen MR) is 46.1 cm³/mol. The van der Waals surface area contributed by atoms with Crippen LogP contribution in [-0.2, 0) is 5.54 Å². The molecule has 12 heavy (non-hydrogen) atoms. The molecule has 0 aliphatic rings. The van der Waals surface area contributed by atoms with Crippen LogP contribution in [0.15, 0.2) is 18.5 Å². The molecule has 0 aliphatic heterocycles. The minimum atomic E-state index is -0.387. The molecule has 0 bridgehead atoms. The Morgan fingerprint density at radius 1 is 1.50 bits per heavy atom. The Kier molecular flexibility index (Phi) is 1.92. The highest BCUT2D eigenvalue weighted by Crippen LogP contribution is 2.19. The van der Waals surface area contributed by atoms with Gasteiger partial charge in [0.25, 0.3) is 5.69 Å². The maximum absolute atomic E-state index is 10.3. The van der Waals surface area contributed by atoms with E-state index in [1.54, 1.807) is 12.4 Å². The minimum Gasteiger partial charge on any atom is -0.343 e. The average molecular weight is 168 g/mol. The first-order valence-corrected chi connectivity index (χ1v) is 3.74. The Balaban J connectivity index is 3.00. The summed E-state index contributed by atoms with van der Waals surface area (Å²) >= 11 is 0. The first-order chi connectivity index (χ1) is 5.41. The standard InChI is InChI=1S/C8H12N2O2/c1-8(2,3)9-5-4-7(6-9)10(11)12/h4-6H,1-3H3. The summed E-state index contributed by atoms with van der Waals surface area (Å²) in [6.45, 7) is 5.99. The fraction of sp³-hybridized carbons (Fsp3) is 0.500. The van der Waals surface area contributed by atoms with Crippen LogP contribution >= 0.6 is 0 Å². The van der Waals surface area contributed by atoms with Crippen molar-refractivity contribution in [3.63, 3.8) is 0 Å². The van der Waals surface area contributed by atoms with Crippen LogP contribution in [0.4, 0.5) is 5.69 Å². The highest BCUT2D eigenvalue weighted by Gasteiger charge is 2.15. The molecule has 0 atom stereocenters. The molecule has 0 aliphatic carbocycles. The molecule has 4 heteroatoms. The first-order valence-electron chi connectivity index (χ1n) is 3.74. The number of nitrogens with zero attached hydrogens (tertiary/aromatic N) is 2. The Hall–Kier alpha value is -1.32. The van der Waals surface area contributed by atoms with Gasteiger partial charge in [-0.25, -0.2) is 0 Å². The van der Waals surface area contributed by atoms with Gasteiger partial charge in [0.1, 0.15) is 0 Å². The average Bonchev–Trinajstić information content (AvgIpc) is 2.30. The van der Waals surface area contributed by atoms with Gasteiger partial charge < -0.3 is 4.57 Å². The second kappa shape index (κ2) is 2.62. The van der Waals surface area contributed by atoms with E-state index >= 15 is 0 Å². The van der Waals surface area contributed by atoms with E-state index in [-0.39, 0.29) is 16.1 Å². The molecule has 0 N–H and O–H groups in total. The summed E-state index contributed by atoms with van der Waals surface area (Å²) in [5.74, 6) is 0. The summed E-state index contributed by atoms with van der Waals surface area (Å²) in [5, 5.41) is 10.3. The van der Waals surface area contributed by atoms with E-state index in [2.05, 4.69) is 0 Å². The van der Waals surface area contributed by atoms with Crippen LogP contribution in [0.1, 0.15) is 20.8 Å². The van der Waals surface area contributed by atoms with E-state index < -0.39 is 0 Å². The fourth-order valence-electron chi connectivity index (χ4n) is 0.910. The fourth-order valence-corrected chi connectivity index (χ4v) is 0.910. The summed E-state index contributed by atoms with van der Waals surface area (Å²) in [4.78, 5) is 9.95. The summed E-state index contributed by atoms with van der Waals surface area (Å²) in [7, 11) is 0. The highest BCUT2D eigenvalue weighted by atomic mass is 16.6. The zero-order valence-electron chi connectivity index (χ0n) is 7.44. The van der Waals surface area contributed by atoms with Crippen LogP contribution in [0.25, 0.3) is 0 Å². The van der Waals surface area contributed by atoms with Gasteiger partial charge in [0.2, 0.25) is 0 Å². The SMILES string of the molecule is CC(C)(C)n1ccc([N+](=O)[O-])c1. The predicted octanol–water partition coefficient (Wildman–Crippen LogP) is 2.15. The van der Waals surface area contributed by atoms with E-state index in [1.807, 2.05) is 25.3 Å². The van der Waals surface area contributed by atoms with Crippen molar-refractivity contribution >= 4 is 5.69 Å². The molecule has 0 fully saturated rings. The van der Waals surface area contributed by atoms with Crippen molar-refractivity contribution in [2.75, 3.05) is 0 Å². The lowest BCUT2D eigenvalue weighted by molar-refractivity contribution is -0.384. The Morgan fingerprint density at radius 2 is 2.08 bits per heavy atom. The Bertz CT molecular complexity index is 296. The third kappa shape index (κ3) is 1.64. The number of hydrogen-bond acceptors (Lipinski definition) is 2. The molecule has 0 unspecified atom stereocenters. The lowest BCUT2D eigenvalue weighted by Gasteiger charge is -2.20. The lowest BCUT2D eigenvalue weighted by atomic mass is 10.1. The minimum absolute atomic E-state index is 0.0890. The summed E-state index contributed by atoms with van der Waals surface area (Å²) in [5.41, 5.74) is 0.0544. The third-order valence-electron chi connectivity index (χ3n) is 1.66. The topological polar surface area (TPSA) is 48.1 Å².